The number of alkyl halides is 3. The van der Waals surface area contributed by atoms with Crippen LogP contribution in [0.15, 0.2) is 59.4 Å². The van der Waals surface area contributed by atoms with Crippen molar-refractivity contribution < 1.29 is 32.2 Å². The molecule has 8 nitrogen and oxygen atoms in total. The van der Waals surface area contributed by atoms with E-state index in [2.05, 4.69) is 16.4 Å². The van der Waals surface area contributed by atoms with Gasteiger partial charge in [0, 0.05) is 34.7 Å². The number of hydrogen-bond acceptors (Lipinski definition) is 7. The third-order valence-electron chi connectivity index (χ3n) is 8.82. The second-order valence-electron chi connectivity index (χ2n) is 12.1. The van der Waals surface area contributed by atoms with Gasteiger partial charge in [-0.1, -0.05) is 38.1 Å². The van der Waals surface area contributed by atoms with Crippen molar-refractivity contribution in [2.75, 3.05) is 19.5 Å². The van der Waals surface area contributed by atoms with Crippen LogP contribution in [-0.4, -0.2) is 37.0 Å². The number of rotatable bonds is 7. The molecule has 2 unspecified atom stereocenters. The van der Waals surface area contributed by atoms with E-state index in [0.717, 1.165) is 5.56 Å². The van der Waals surface area contributed by atoms with Crippen molar-refractivity contribution in [2.24, 2.45) is 0 Å². The van der Waals surface area contributed by atoms with E-state index in [1.807, 2.05) is 0 Å². The Morgan fingerprint density at radius 2 is 1.76 bits per heavy atom. The number of pyridine rings is 1. The smallest absolute Gasteiger partial charge is 0.430 e. The number of aromatic amines is 1. The van der Waals surface area contributed by atoms with Crippen LogP contribution in [0.25, 0.3) is 10.9 Å². The summed E-state index contributed by atoms with van der Waals surface area (Å²) in [5, 5.41) is 13.0. The summed E-state index contributed by atoms with van der Waals surface area (Å²) in [4.78, 5) is 28.6. The summed E-state index contributed by atoms with van der Waals surface area (Å²) in [6.07, 6.45) is -5.78. The van der Waals surface area contributed by atoms with Gasteiger partial charge in [-0.25, -0.2) is 4.79 Å². The lowest BCUT2D eigenvalue weighted by atomic mass is 9.62. The maximum Gasteiger partial charge on any atom is 0.430 e. The first-order valence-electron chi connectivity index (χ1n) is 14.6. The molecule has 0 saturated carbocycles. The first-order chi connectivity index (χ1) is 21.7. The highest BCUT2D eigenvalue weighted by molar-refractivity contribution is 5.94. The van der Waals surface area contributed by atoms with E-state index in [9.17, 15) is 14.9 Å². The van der Waals surface area contributed by atoms with Gasteiger partial charge in [-0.3, -0.25) is 4.79 Å². The fraction of sp³-hybridized carbons (Fsp3) is 0.343. The van der Waals surface area contributed by atoms with Gasteiger partial charge in [0.05, 0.1) is 32.2 Å². The van der Waals surface area contributed by atoms with Crippen molar-refractivity contribution in [1.29, 1.82) is 5.26 Å². The number of carbonyl (C=O) groups excluding carboxylic acids is 1. The van der Waals surface area contributed by atoms with Crippen LogP contribution in [0.2, 0.25) is 0 Å². The highest BCUT2D eigenvalue weighted by Gasteiger charge is 2.68. The van der Waals surface area contributed by atoms with Gasteiger partial charge in [0.15, 0.2) is 0 Å². The molecule has 11 heteroatoms. The van der Waals surface area contributed by atoms with Gasteiger partial charge < -0.3 is 24.5 Å². The van der Waals surface area contributed by atoms with Gasteiger partial charge in [-0.15, -0.1) is 0 Å². The van der Waals surface area contributed by atoms with E-state index < -0.39 is 35.6 Å². The monoisotopic (exact) mass is 633 g/mol. The second-order valence-corrected chi connectivity index (χ2v) is 12.1. The van der Waals surface area contributed by atoms with E-state index in [0.29, 0.717) is 33.3 Å². The summed E-state index contributed by atoms with van der Waals surface area (Å²) in [5.41, 5.74) is -1.61. The number of carbonyl (C=O) groups is 1. The third-order valence-corrected chi connectivity index (χ3v) is 8.82. The summed E-state index contributed by atoms with van der Waals surface area (Å²) >= 11 is 0. The number of ether oxygens (including phenoxy) is 3. The maximum atomic E-state index is 15.9. The summed E-state index contributed by atoms with van der Waals surface area (Å²) in [6, 6.07) is 14.2. The Morgan fingerprint density at radius 1 is 1.04 bits per heavy atom. The average molecular weight is 634 g/mol. The molecule has 0 amide bonds. The predicted molar refractivity (Wildman–Crippen MR) is 168 cm³/mol. The molecule has 0 spiro atoms. The number of nitriles is 1. The van der Waals surface area contributed by atoms with Gasteiger partial charge in [-0.2, -0.15) is 18.4 Å². The normalized spacial score (nSPS) is 18.7. The molecule has 2 N–H and O–H groups in total. The molecule has 2 atom stereocenters. The lowest BCUT2D eigenvalue weighted by molar-refractivity contribution is -0.274. The molecule has 1 aliphatic carbocycles. The number of H-pyrrole nitrogens is 1. The Kier molecular flexibility index (Phi) is 8.28. The van der Waals surface area contributed by atoms with E-state index in [1.54, 1.807) is 58.0 Å². The van der Waals surface area contributed by atoms with Crippen LogP contribution < -0.4 is 20.3 Å². The summed E-state index contributed by atoms with van der Waals surface area (Å²) in [6.45, 7) is 6.78. The van der Waals surface area contributed by atoms with E-state index in [4.69, 9.17) is 14.2 Å². The van der Waals surface area contributed by atoms with Crippen molar-refractivity contribution in [3.05, 3.63) is 98.3 Å². The highest BCUT2D eigenvalue weighted by Crippen LogP contribution is 2.59. The van der Waals surface area contributed by atoms with Gasteiger partial charge in [0.1, 0.15) is 23.1 Å². The molecule has 1 aliphatic rings. The van der Waals surface area contributed by atoms with Crippen molar-refractivity contribution in [2.45, 2.75) is 63.8 Å². The number of aromatic nitrogens is 1. The molecule has 0 fully saturated rings. The Hall–Kier alpha value is -4.98. The lowest BCUT2D eigenvalue weighted by Crippen LogP contribution is -2.61. The van der Waals surface area contributed by atoms with Gasteiger partial charge >= 0.3 is 12.1 Å². The molecular weight excluding hydrogens is 599 g/mol. The number of benzene rings is 3. The fourth-order valence-corrected chi connectivity index (χ4v) is 6.65. The highest BCUT2D eigenvalue weighted by atomic mass is 19.4. The van der Waals surface area contributed by atoms with Crippen molar-refractivity contribution in [3.63, 3.8) is 0 Å². The average Bonchev–Trinajstić information content (AvgIpc) is 2.99. The van der Waals surface area contributed by atoms with Crippen LogP contribution in [0, 0.1) is 25.2 Å². The molecule has 5 rings (SSSR count). The van der Waals surface area contributed by atoms with Crippen LogP contribution in [0.1, 0.15) is 64.5 Å². The zero-order valence-electron chi connectivity index (χ0n) is 26.3. The molecule has 1 aromatic heterocycles. The summed E-state index contributed by atoms with van der Waals surface area (Å²) in [7, 11) is 2.76. The Balaban J connectivity index is 1.80. The number of hydrogen-bond donors (Lipinski definition) is 2. The van der Waals surface area contributed by atoms with Crippen LogP contribution in [-0.2, 0) is 16.6 Å². The minimum absolute atomic E-state index is 0.0206. The number of anilines is 1. The SMILES string of the molecule is COc1c(C(=O)OC2(C(F)(F)F)CC(C)(C)c3c(ccc(CC#N)c3OC)C2Nc2cccc3[nH]c(=O)ccc23)ccc(C)c1C. The Bertz CT molecular complexity index is 1940. The van der Waals surface area contributed by atoms with Gasteiger partial charge in [0.25, 0.3) is 0 Å². The summed E-state index contributed by atoms with van der Waals surface area (Å²) in [5.74, 6) is -0.766. The standard InChI is InChI=1S/C35H34F3N3O5/c1-19-10-12-24(29(44-5)20(19)2)32(43)46-34(35(36,37)38)18-33(3,4)28-23(13-11-21(16-17-39)30(28)45-6)31(34)41-26-9-7-8-25-22(26)14-15-27(42)40-25/h7-15,31,41H,16,18H2,1-6H3,(H,40,42). The van der Waals surface area contributed by atoms with Gasteiger partial charge in [0.2, 0.25) is 11.2 Å². The maximum absolute atomic E-state index is 15.9. The topological polar surface area (TPSA) is 113 Å². The van der Waals surface area contributed by atoms with Crippen molar-refractivity contribution >= 4 is 22.6 Å². The molecule has 0 aliphatic heterocycles. The molecular formula is C35H34F3N3O5. The quantitative estimate of drug-likeness (QED) is 0.207. The number of esters is 1. The molecule has 0 radical (unpaired) electrons. The second kappa shape index (κ2) is 11.7. The van der Waals surface area contributed by atoms with Crippen LogP contribution in [0.3, 0.4) is 0 Å². The molecule has 46 heavy (non-hydrogen) atoms. The number of methoxy groups -OCH3 is 2. The number of nitrogens with one attached hydrogen (secondary N) is 2. The predicted octanol–water partition coefficient (Wildman–Crippen LogP) is 7.22. The lowest BCUT2D eigenvalue weighted by Gasteiger charge is -2.51. The van der Waals surface area contributed by atoms with Crippen molar-refractivity contribution in [3.8, 4) is 17.6 Å². The Labute approximate surface area is 264 Å². The van der Waals surface area contributed by atoms with Crippen LogP contribution >= 0.6 is 0 Å². The minimum Gasteiger partial charge on any atom is -0.496 e. The van der Waals surface area contributed by atoms with E-state index in [1.165, 1.54) is 38.5 Å². The summed E-state index contributed by atoms with van der Waals surface area (Å²) < 4.78 is 64.6. The van der Waals surface area contributed by atoms with Crippen molar-refractivity contribution in [1.82, 2.24) is 4.98 Å². The molecule has 1 heterocycles. The molecule has 3 aromatic carbocycles. The third kappa shape index (κ3) is 5.31. The Morgan fingerprint density at radius 3 is 2.41 bits per heavy atom. The van der Waals surface area contributed by atoms with E-state index in [-0.39, 0.29) is 34.5 Å². The molecule has 0 saturated heterocycles. The number of halogens is 3. The molecule has 0 bridgehead atoms. The first-order valence-corrected chi connectivity index (χ1v) is 14.6. The first kappa shape index (κ1) is 32.4. The zero-order valence-corrected chi connectivity index (χ0v) is 26.3. The van der Waals surface area contributed by atoms with Gasteiger partial charge in [-0.05, 0) is 60.2 Å². The molecule has 4 aromatic rings. The van der Waals surface area contributed by atoms with Crippen LogP contribution in [0.4, 0.5) is 18.9 Å². The minimum atomic E-state index is -5.08. The van der Waals surface area contributed by atoms with Crippen LogP contribution in [0.5, 0.6) is 11.5 Å². The zero-order chi connectivity index (χ0) is 33.6. The molecule has 240 valence electrons. The number of aryl methyl sites for hydroxylation is 1. The largest absolute Gasteiger partial charge is 0.496 e. The number of fused-ring (bicyclic) bond motifs is 2. The number of nitrogens with zero attached hydrogens (tertiary/aromatic N) is 1. The van der Waals surface area contributed by atoms with E-state index >= 15 is 13.2 Å². The fourth-order valence-electron chi connectivity index (χ4n) is 6.65.